The Bertz CT molecular complexity index is 1790. The van der Waals surface area contributed by atoms with E-state index in [0.29, 0.717) is 0 Å². The summed E-state index contributed by atoms with van der Waals surface area (Å²) in [4.78, 5) is 0. The van der Waals surface area contributed by atoms with Crippen molar-refractivity contribution in [1.29, 1.82) is 0 Å². The van der Waals surface area contributed by atoms with Crippen molar-refractivity contribution >= 4 is 53.3 Å². The number of thiophene rings is 1. The molecule has 0 bridgehead atoms. The number of nitrogens with zero attached hydrogens (tertiary/aromatic N) is 1. The van der Waals surface area contributed by atoms with Gasteiger partial charge in [-0.15, -0.1) is 17.1 Å². The Kier molecular flexibility index (Phi) is 4.17. The van der Waals surface area contributed by atoms with Crippen LogP contribution >= 0.6 is 11.3 Å². The highest BCUT2D eigenvalue weighted by Gasteiger charge is 2.16. The molecule has 0 saturated carbocycles. The van der Waals surface area contributed by atoms with Crippen LogP contribution in [0.5, 0.6) is 0 Å². The van der Waals surface area contributed by atoms with Crippen molar-refractivity contribution in [2.45, 2.75) is 12.5 Å². The monoisotopic (exact) mass is 439 g/mol. The van der Waals surface area contributed by atoms with Gasteiger partial charge in [0.05, 0.1) is 11.6 Å². The first kappa shape index (κ1) is 18.7. The fourth-order valence-corrected chi connectivity index (χ4v) is 6.28. The lowest BCUT2D eigenvalue weighted by Crippen LogP contribution is -2.04. The standard InChI is InChI=1S/C31H21NS/c1-2-8-23(9-3-1)32-28-12-6-4-10-24(28)25-16-14-22(20-29(25)32)18-21-15-17-31-27(19-21)26-11-5-7-13-30(26)33-31/h1-2,4-17,19-20,23H,18H2. The number of rotatable bonds is 3. The fourth-order valence-electron chi connectivity index (χ4n) is 5.19. The lowest BCUT2D eigenvalue weighted by molar-refractivity contribution is 0.779. The van der Waals surface area contributed by atoms with E-state index in [9.17, 15) is 0 Å². The van der Waals surface area contributed by atoms with Crippen molar-refractivity contribution in [2.75, 3.05) is 0 Å². The molecule has 4 aromatic carbocycles. The molecular formula is C31H21NS. The first-order valence-electron chi connectivity index (χ1n) is 11.4. The number of fused-ring (bicyclic) bond motifs is 6. The van der Waals surface area contributed by atoms with Crippen LogP contribution in [0, 0.1) is 0 Å². The maximum atomic E-state index is 3.28. The Morgan fingerprint density at radius 3 is 2.36 bits per heavy atom. The van der Waals surface area contributed by atoms with E-state index in [-0.39, 0.29) is 6.04 Å². The molecular weight excluding hydrogens is 418 g/mol. The molecule has 0 radical (unpaired) electrons. The summed E-state index contributed by atoms with van der Waals surface area (Å²) < 4.78 is 5.16. The average molecular weight is 440 g/mol. The highest BCUT2D eigenvalue weighted by molar-refractivity contribution is 7.25. The molecule has 0 N–H and O–H groups in total. The molecule has 0 saturated heterocycles. The molecule has 0 aliphatic heterocycles. The van der Waals surface area contributed by atoms with Crippen molar-refractivity contribution in [3.8, 4) is 0 Å². The van der Waals surface area contributed by atoms with Gasteiger partial charge in [0.25, 0.3) is 0 Å². The molecule has 1 aliphatic rings. The third-order valence-electron chi connectivity index (χ3n) is 6.69. The highest BCUT2D eigenvalue weighted by atomic mass is 32.1. The topological polar surface area (TPSA) is 4.93 Å². The van der Waals surface area contributed by atoms with Crippen LogP contribution in [0.2, 0.25) is 0 Å². The van der Waals surface area contributed by atoms with Gasteiger partial charge in [-0.3, -0.25) is 0 Å². The predicted molar refractivity (Wildman–Crippen MR) is 142 cm³/mol. The van der Waals surface area contributed by atoms with Gasteiger partial charge < -0.3 is 4.57 Å². The summed E-state index contributed by atoms with van der Waals surface area (Å²) in [7, 11) is 0. The molecule has 1 nitrogen and oxygen atoms in total. The molecule has 0 spiro atoms. The number of hydrogen-bond acceptors (Lipinski definition) is 1. The molecule has 6 aromatic rings. The van der Waals surface area contributed by atoms with Gasteiger partial charge >= 0.3 is 0 Å². The van der Waals surface area contributed by atoms with Crippen LogP contribution in [0.3, 0.4) is 0 Å². The molecule has 0 amide bonds. The van der Waals surface area contributed by atoms with Crippen LogP contribution in [-0.2, 0) is 6.42 Å². The van der Waals surface area contributed by atoms with Crippen LogP contribution in [0.4, 0.5) is 0 Å². The summed E-state index contributed by atoms with van der Waals surface area (Å²) >= 11 is 1.88. The summed E-state index contributed by atoms with van der Waals surface area (Å²) in [5.74, 6) is 0. The van der Waals surface area contributed by atoms with Crippen molar-refractivity contribution in [2.24, 2.45) is 0 Å². The number of para-hydroxylation sites is 1. The van der Waals surface area contributed by atoms with Crippen LogP contribution < -0.4 is 0 Å². The van der Waals surface area contributed by atoms with Gasteiger partial charge in [-0.05, 0) is 60.0 Å². The van der Waals surface area contributed by atoms with E-state index in [1.54, 1.807) is 0 Å². The molecule has 2 heteroatoms. The molecule has 7 rings (SSSR count). The fraction of sp³-hybridized carbons (Fsp3) is 0.0645. The van der Waals surface area contributed by atoms with Gasteiger partial charge in [0.1, 0.15) is 0 Å². The zero-order valence-corrected chi connectivity index (χ0v) is 18.8. The van der Waals surface area contributed by atoms with Crippen LogP contribution in [0.25, 0.3) is 42.0 Å². The largest absolute Gasteiger partial charge is 0.329 e. The maximum Gasteiger partial charge on any atom is 0.0783 e. The minimum Gasteiger partial charge on any atom is -0.329 e. The Hall–Kier alpha value is -3.84. The van der Waals surface area contributed by atoms with Gasteiger partial charge in [-0.25, -0.2) is 0 Å². The summed E-state index contributed by atoms with van der Waals surface area (Å²) in [6.07, 6.45) is 9.38. The average Bonchev–Trinajstić information content (AvgIpc) is 3.40. The van der Waals surface area contributed by atoms with E-state index in [1.165, 1.54) is 53.1 Å². The van der Waals surface area contributed by atoms with E-state index >= 15 is 0 Å². The van der Waals surface area contributed by atoms with Crippen LogP contribution in [0.15, 0.2) is 115 Å². The first-order chi connectivity index (χ1) is 16.3. The molecule has 0 fully saturated rings. The summed E-state index contributed by atoms with van der Waals surface area (Å²) in [5, 5.41) is 5.35. The molecule has 156 valence electrons. The number of hydrogen-bond donors (Lipinski definition) is 0. The smallest absolute Gasteiger partial charge is 0.0783 e. The number of benzene rings is 4. The molecule has 33 heavy (non-hydrogen) atoms. The second-order valence-corrected chi connectivity index (χ2v) is 9.80. The van der Waals surface area contributed by atoms with E-state index in [0.717, 1.165) is 6.42 Å². The summed E-state index contributed by atoms with van der Waals surface area (Å²) in [5.41, 5.74) is 8.52. The van der Waals surface area contributed by atoms with Gasteiger partial charge in [0, 0.05) is 36.5 Å². The Labute approximate surface area is 196 Å². The van der Waals surface area contributed by atoms with Gasteiger partial charge in [-0.2, -0.15) is 0 Å². The van der Waals surface area contributed by atoms with Gasteiger partial charge in [-0.1, -0.05) is 66.7 Å². The third-order valence-corrected chi connectivity index (χ3v) is 7.84. The molecule has 1 atom stereocenters. The van der Waals surface area contributed by atoms with Crippen molar-refractivity contribution < 1.29 is 0 Å². The Balaban J connectivity index is 1.37. The number of aromatic nitrogens is 1. The Morgan fingerprint density at radius 1 is 0.697 bits per heavy atom. The van der Waals surface area contributed by atoms with Gasteiger partial charge in [0.2, 0.25) is 0 Å². The van der Waals surface area contributed by atoms with Crippen LogP contribution in [0.1, 0.15) is 17.2 Å². The zero-order chi connectivity index (χ0) is 21.8. The van der Waals surface area contributed by atoms with Crippen molar-refractivity contribution in [1.82, 2.24) is 4.57 Å². The molecule has 1 unspecified atom stereocenters. The van der Waals surface area contributed by atoms with Crippen molar-refractivity contribution in [3.05, 3.63) is 126 Å². The number of allylic oxidation sites excluding steroid dienone is 3. The molecule has 1 aliphatic carbocycles. The normalized spacial score (nSPS) is 15.5. The second kappa shape index (κ2) is 7.35. The quantitative estimate of drug-likeness (QED) is 0.243. The lowest BCUT2D eigenvalue weighted by atomic mass is 10.0. The van der Waals surface area contributed by atoms with E-state index in [2.05, 4.69) is 113 Å². The first-order valence-corrected chi connectivity index (χ1v) is 12.2. The van der Waals surface area contributed by atoms with E-state index < -0.39 is 0 Å². The molecule has 2 aromatic heterocycles. The SMILES string of the molecule is C1=CC=CC(n2c3ccccc3c3ccc(Cc4ccc5sc6ccccc6c5c4)cc32)C=1. The summed E-state index contributed by atoms with van der Waals surface area (Å²) in [6.45, 7) is 0. The van der Waals surface area contributed by atoms with E-state index in [1.807, 2.05) is 17.4 Å². The van der Waals surface area contributed by atoms with Gasteiger partial charge in [0.15, 0.2) is 0 Å². The predicted octanol–water partition coefficient (Wildman–Crippen LogP) is 8.58. The molecule has 2 heterocycles. The highest BCUT2D eigenvalue weighted by Crippen LogP contribution is 2.36. The van der Waals surface area contributed by atoms with Crippen molar-refractivity contribution in [3.63, 3.8) is 0 Å². The zero-order valence-electron chi connectivity index (χ0n) is 18.0. The Morgan fingerprint density at radius 2 is 1.45 bits per heavy atom. The van der Waals surface area contributed by atoms with E-state index in [4.69, 9.17) is 0 Å². The second-order valence-electron chi connectivity index (χ2n) is 8.72. The maximum absolute atomic E-state index is 3.28. The minimum absolute atomic E-state index is 0.182. The minimum atomic E-state index is 0.182. The lowest BCUT2D eigenvalue weighted by Gasteiger charge is -2.15. The third kappa shape index (κ3) is 3.00. The van der Waals surface area contributed by atoms with Crippen LogP contribution in [-0.4, -0.2) is 4.57 Å². The summed E-state index contributed by atoms with van der Waals surface area (Å²) in [6, 6.07) is 31.5.